The van der Waals surface area contributed by atoms with Crippen molar-refractivity contribution in [1.82, 2.24) is 0 Å². The van der Waals surface area contributed by atoms with E-state index >= 15 is 0 Å². The van der Waals surface area contributed by atoms with Crippen molar-refractivity contribution in [2.75, 3.05) is 0 Å². The summed E-state index contributed by atoms with van der Waals surface area (Å²) in [6.45, 7) is 0. The average Bonchev–Trinajstić information content (AvgIpc) is 1.62. The van der Waals surface area contributed by atoms with Crippen LogP contribution in [0, 0.1) is 0 Å². The van der Waals surface area contributed by atoms with E-state index < -0.39 is 18.4 Å². The third kappa shape index (κ3) is 5.82. The van der Waals surface area contributed by atoms with E-state index in [4.69, 9.17) is 0 Å². The maximum atomic E-state index is 11.7. The predicted octanol–water partition coefficient (Wildman–Crippen LogP) is 3.14. The minimum atomic E-state index is -4.45. The van der Waals surface area contributed by atoms with Gasteiger partial charge in [-0.2, -0.15) is 13.2 Å². The van der Waals surface area contributed by atoms with Crippen molar-refractivity contribution in [3.05, 3.63) is 10.8 Å². The first-order chi connectivity index (χ1) is 3.95. The molecule has 0 rings (SSSR count). The average molecular weight is 207 g/mol. The SMILES string of the molecule is F/C(=C\Br)CC(F)(F)F. The zero-order chi connectivity index (χ0) is 7.49. The van der Waals surface area contributed by atoms with Gasteiger partial charge in [0.1, 0.15) is 5.83 Å². The van der Waals surface area contributed by atoms with E-state index in [1.54, 1.807) is 0 Å². The van der Waals surface area contributed by atoms with Gasteiger partial charge in [0.2, 0.25) is 0 Å². The van der Waals surface area contributed by atoms with Crippen molar-refractivity contribution in [2.24, 2.45) is 0 Å². The van der Waals surface area contributed by atoms with Gasteiger partial charge in [0, 0.05) is 4.99 Å². The summed E-state index contributed by atoms with van der Waals surface area (Å²) in [5.74, 6) is -1.22. The molecular weight excluding hydrogens is 204 g/mol. The van der Waals surface area contributed by atoms with Gasteiger partial charge in [-0.15, -0.1) is 0 Å². The molecule has 0 atom stereocenters. The molecule has 0 unspecified atom stereocenters. The Morgan fingerprint density at radius 1 is 1.44 bits per heavy atom. The van der Waals surface area contributed by atoms with Gasteiger partial charge in [0.05, 0.1) is 6.42 Å². The molecule has 0 nitrogen and oxygen atoms in total. The van der Waals surface area contributed by atoms with E-state index in [0.29, 0.717) is 4.99 Å². The van der Waals surface area contributed by atoms with Crippen molar-refractivity contribution in [2.45, 2.75) is 12.6 Å². The van der Waals surface area contributed by atoms with Gasteiger partial charge in [0.15, 0.2) is 0 Å². The molecule has 0 aromatic carbocycles. The fraction of sp³-hybridized carbons (Fsp3) is 0.500. The van der Waals surface area contributed by atoms with E-state index in [9.17, 15) is 17.6 Å². The van der Waals surface area contributed by atoms with Crippen molar-refractivity contribution < 1.29 is 17.6 Å². The molecule has 0 N–H and O–H groups in total. The van der Waals surface area contributed by atoms with Crippen LogP contribution in [-0.4, -0.2) is 6.18 Å². The molecule has 0 spiro atoms. The maximum Gasteiger partial charge on any atom is 0.395 e. The first-order valence-electron chi connectivity index (χ1n) is 1.97. The second-order valence-electron chi connectivity index (χ2n) is 1.35. The van der Waals surface area contributed by atoms with Gasteiger partial charge in [-0.3, -0.25) is 0 Å². The molecule has 0 aliphatic carbocycles. The molecule has 9 heavy (non-hydrogen) atoms. The van der Waals surface area contributed by atoms with Gasteiger partial charge in [-0.05, 0) is 0 Å². The summed E-state index contributed by atoms with van der Waals surface area (Å²) in [5, 5.41) is 0. The van der Waals surface area contributed by atoms with Crippen molar-refractivity contribution >= 4 is 15.9 Å². The first kappa shape index (κ1) is 8.94. The standard InChI is InChI=1S/C4H3BrF4/c5-2-3(6)1-4(7,8)9/h2H,1H2/b3-2-. The Balaban J connectivity index is 3.75. The summed E-state index contributed by atoms with van der Waals surface area (Å²) in [6, 6.07) is 0. The van der Waals surface area contributed by atoms with Crippen molar-refractivity contribution in [3.63, 3.8) is 0 Å². The number of halogens is 5. The minimum Gasteiger partial charge on any atom is -0.211 e. The van der Waals surface area contributed by atoms with E-state index in [2.05, 4.69) is 15.9 Å². The van der Waals surface area contributed by atoms with Crippen LogP contribution in [0.15, 0.2) is 10.8 Å². The van der Waals surface area contributed by atoms with Crippen LogP contribution in [-0.2, 0) is 0 Å². The summed E-state index contributed by atoms with van der Waals surface area (Å²) in [7, 11) is 0. The number of allylic oxidation sites excluding steroid dienone is 1. The van der Waals surface area contributed by atoms with Gasteiger partial charge in [0.25, 0.3) is 0 Å². The Morgan fingerprint density at radius 2 is 1.89 bits per heavy atom. The molecule has 0 aromatic heterocycles. The maximum absolute atomic E-state index is 11.7. The highest BCUT2D eigenvalue weighted by atomic mass is 79.9. The fourth-order valence-corrected chi connectivity index (χ4v) is 0.392. The molecule has 0 aliphatic heterocycles. The molecule has 0 radical (unpaired) electrons. The van der Waals surface area contributed by atoms with Crippen LogP contribution in [0.4, 0.5) is 17.6 Å². The summed E-state index contributed by atoms with van der Waals surface area (Å²) in [4.78, 5) is 0.612. The lowest BCUT2D eigenvalue weighted by atomic mass is 10.4. The quantitative estimate of drug-likeness (QED) is 0.579. The molecule has 0 aromatic rings. The van der Waals surface area contributed by atoms with Crippen LogP contribution < -0.4 is 0 Å². The number of hydrogen-bond donors (Lipinski definition) is 0. The highest BCUT2D eigenvalue weighted by Gasteiger charge is 2.28. The minimum absolute atomic E-state index is 0.612. The van der Waals surface area contributed by atoms with E-state index in [0.717, 1.165) is 0 Å². The smallest absolute Gasteiger partial charge is 0.211 e. The summed E-state index contributed by atoms with van der Waals surface area (Å²) in [6.07, 6.45) is -5.95. The summed E-state index contributed by atoms with van der Waals surface area (Å²) >= 11 is 2.43. The third-order valence-corrected chi connectivity index (χ3v) is 0.985. The molecule has 0 heterocycles. The molecule has 0 saturated heterocycles. The van der Waals surface area contributed by atoms with Crippen LogP contribution in [0.2, 0.25) is 0 Å². The zero-order valence-electron chi connectivity index (χ0n) is 4.17. The lowest BCUT2D eigenvalue weighted by molar-refractivity contribution is -0.129. The molecule has 54 valence electrons. The van der Waals surface area contributed by atoms with Crippen LogP contribution in [0.25, 0.3) is 0 Å². The largest absolute Gasteiger partial charge is 0.395 e. The topological polar surface area (TPSA) is 0 Å². The first-order valence-corrected chi connectivity index (χ1v) is 2.89. The van der Waals surface area contributed by atoms with Gasteiger partial charge in [-0.1, -0.05) is 15.9 Å². The fourth-order valence-electron chi connectivity index (χ4n) is 0.230. The second-order valence-corrected chi connectivity index (χ2v) is 1.81. The Kier molecular flexibility index (Phi) is 3.17. The summed E-state index contributed by atoms with van der Waals surface area (Å²) in [5.41, 5.74) is 0. The third-order valence-electron chi connectivity index (χ3n) is 0.488. The number of alkyl halides is 3. The van der Waals surface area contributed by atoms with Gasteiger partial charge < -0.3 is 0 Å². The Bertz CT molecular complexity index is 114. The zero-order valence-corrected chi connectivity index (χ0v) is 5.76. The van der Waals surface area contributed by atoms with E-state index in [1.165, 1.54) is 0 Å². The lowest BCUT2D eigenvalue weighted by Gasteiger charge is -2.01. The van der Waals surface area contributed by atoms with Crippen molar-refractivity contribution in [3.8, 4) is 0 Å². The van der Waals surface area contributed by atoms with Crippen LogP contribution >= 0.6 is 15.9 Å². The van der Waals surface area contributed by atoms with E-state index in [-0.39, 0.29) is 0 Å². The molecule has 0 fully saturated rings. The molecule has 5 heteroatoms. The molecule has 0 saturated carbocycles. The second kappa shape index (κ2) is 3.20. The summed E-state index contributed by atoms with van der Waals surface area (Å²) < 4.78 is 45.3. The lowest BCUT2D eigenvalue weighted by Crippen LogP contribution is -2.06. The molecule has 0 bridgehead atoms. The molecular formula is C4H3BrF4. The highest BCUT2D eigenvalue weighted by molar-refractivity contribution is 9.11. The van der Waals surface area contributed by atoms with Crippen LogP contribution in [0.5, 0.6) is 0 Å². The monoisotopic (exact) mass is 206 g/mol. The highest BCUT2D eigenvalue weighted by Crippen LogP contribution is 2.25. The van der Waals surface area contributed by atoms with Crippen LogP contribution in [0.3, 0.4) is 0 Å². The number of rotatable bonds is 1. The predicted molar refractivity (Wildman–Crippen MR) is 28.8 cm³/mol. The molecule has 0 amide bonds. The molecule has 0 aliphatic rings. The normalized spacial score (nSPS) is 14.1. The Labute approximate surface area is 57.7 Å². The van der Waals surface area contributed by atoms with Gasteiger partial charge in [-0.25, -0.2) is 4.39 Å². The van der Waals surface area contributed by atoms with Crippen LogP contribution in [0.1, 0.15) is 6.42 Å². The number of hydrogen-bond acceptors (Lipinski definition) is 0. The van der Waals surface area contributed by atoms with Crippen molar-refractivity contribution in [1.29, 1.82) is 0 Å². The Morgan fingerprint density at radius 3 is 2.00 bits per heavy atom. The van der Waals surface area contributed by atoms with Gasteiger partial charge >= 0.3 is 6.18 Å². The Hall–Kier alpha value is -0.0600. The van der Waals surface area contributed by atoms with E-state index in [1.807, 2.05) is 0 Å².